The summed E-state index contributed by atoms with van der Waals surface area (Å²) in [7, 11) is 2.05. The molecule has 1 fully saturated rings. The average Bonchev–Trinajstić information content (AvgIpc) is 3.08. The normalized spacial score (nSPS) is 17.9. The minimum atomic E-state index is 0.261. The van der Waals surface area contributed by atoms with Gasteiger partial charge >= 0.3 is 0 Å². The van der Waals surface area contributed by atoms with E-state index in [1.54, 1.807) is 0 Å². The average molecular weight is 343 g/mol. The second-order valence-electron chi connectivity index (χ2n) is 7.28. The van der Waals surface area contributed by atoms with Crippen molar-refractivity contribution in [2.75, 3.05) is 13.1 Å². The van der Waals surface area contributed by atoms with Gasteiger partial charge in [-0.1, -0.05) is 0 Å². The van der Waals surface area contributed by atoms with E-state index in [1.165, 1.54) is 0 Å². The fourth-order valence-corrected chi connectivity index (χ4v) is 3.87. The fraction of sp³-hybridized carbons (Fsp3) is 0.632. The van der Waals surface area contributed by atoms with E-state index in [4.69, 9.17) is 0 Å². The van der Waals surface area contributed by atoms with Crippen LogP contribution in [0.3, 0.4) is 0 Å². The molecule has 0 spiro atoms. The molecular weight excluding hydrogens is 314 g/mol. The Bertz CT molecular complexity index is 745. The van der Waals surface area contributed by atoms with Gasteiger partial charge in [-0.2, -0.15) is 5.10 Å². The molecule has 1 aliphatic heterocycles. The molecule has 1 atom stereocenters. The topological polar surface area (TPSA) is 56.0 Å². The van der Waals surface area contributed by atoms with Crippen molar-refractivity contribution in [1.29, 1.82) is 0 Å². The van der Waals surface area contributed by atoms with Gasteiger partial charge in [-0.3, -0.25) is 9.48 Å². The zero-order chi connectivity index (χ0) is 18.0. The number of nitrogens with zero attached hydrogens (tertiary/aromatic N) is 5. The number of aryl methyl sites for hydroxylation is 5. The van der Waals surface area contributed by atoms with Crippen molar-refractivity contribution < 1.29 is 4.79 Å². The summed E-state index contributed by atoms with van der Waals surface area (Å²) in [5.74, 6) is 1.72. The van der Waals surface area contributed by atoms with Gasteiger partial charge in [0.2, 0.25) is 5.91 Å². The van der Waals surface area contributed by atoms with E-state index in [9.17, 15) is 4.79 Å². The zero-order valence-corrected chi connectivity index (χ0v) is 15.8. The Hall–Kier alpha value is -2.11. The second kappa shape index (κ2) is 7.42. The molecule has 0 bridgehead atoms. The summed E-state index contributed by atoms with van der Waals surface area (Å²) in [6.45, 7) is 8.56. The number of rotatable bonds is 5. The Morgan fingerprint density at radius 1 is 1.28 bits per heavy atom. The molecule has 25 heavy (non-hydrogen) atoms. The van der Waals surface area contributed by atoms with Crippen LogP contribution >= 0.6 is 0 Å². The highest BCUT2D eigenvalue weighted by Crippen LogP contribution is 2.26. The fourth-order valence-electron chi connectivity index (χ4n) is 3.87. The van der Waals surface area contributed by atoms with Crippen LogP contribution in [0.15, 0.2) is 12.3 Å². The highest BCUT2D eigenvalue weighted by atomic mass is 16.2. The van der Waals surface area contributed by atoms with Crippen LogP contribution in [0.25, 0.3) is 0 Å². The summed E-state index contributed by atoms with van der Waals surface area (Å²) in [6.07, 6.45) is 5.65. The summed E-state index contributed by atoms with van der Waals surface area (Å²) in [5.41, 5.74) is 3.24. The summed E-state index contributed by atoms with van der Waals surface area (Å²) in [6, 6.07) is 2.08. The maximum absolute atomic E-state index is 12.6. The molecule has 6 heteroatoms. The van der Waals surface area contributed by atoms with Crippen molar-refractivity contribution in [3.05, 3.63) is 35.2 Å². The quantitative estimate of drug-likeness (QED) is 0.839. The van der Waals surface area contributed by atoms with Crippen molar-refractivity contribution in [3.8, 4) is 0 Å². The van der Waals surface area contributed by atoms with Gasteiger partial charge in [0.15, 0.2) is 0 Å². The minimum absolute atomic E-state index is 0.261. The first kappa shape index (κ1) is 17.7. The molecular formula is C19H29N5O. The molecule has 6 nitrogen and oxygen atoms in total. The lowest BCUT2D eigenvalue weighted by molar-refractivity contribution is -0.132. The molecule has 0 N–H and O–H groups in total. The van der Waals surface area contributed by atoms with Crippen LogP contribution in [0.1, 0.15) is 54.5 Å². The van der Waals surface area contributed by atoms with Crippen LogP contribution in [-0.2, 0) is 18.4 Å². The molecule has 2 aromatic heterocycles. The SMILES string of the molecule is Cc1cn(C)c([C@H]2CCCN(C(=O)CCCn3nc(C)cc3C)C2)n1. The maximum Gasteiger partial charge on any atom is 0.222 e. The number of carbonyl (C=O) groups excluding carboxylic acids is 1. The third-order valence-electron chi connectivity index (χ3n) is 5.04. The van der Waals surface area contributed by atoms with Gasteiger partial charge < -0.3 is 9.47 Å². The molecule has 1 aliphatic rings. The van der Waals surface area contributed by atoms with Crippen LogP contribution < -0.4 is 0 Å². The first-order valence-corrected chi connectivity index (χ1v) is 9.22. The van der Waals surface area contributed by atoms with E-state index in [-0.39, 0.29) is 5.91 Å². The highest BCUT2D eigenvalue weighted by Gasteiger charge is 2.27. The molecule has 1 saturated heterocycles. The van der Waals surface area contributed by atoms with Crippen molar-refractivity contribution in [3.63, 3.8) is 0 Å². The number of amides is 1. The zero-order valence-electron chi connectivity index (χ0n) is 15.8. The number of carbonyl (C=O) groups is 1. The third-order valence-corrected chi connectivity index (χ3v) is 5.04. The summed E-state index contributed by atoms with van der Waals surface area (Å²) in [5, 5.41) is 4.46. The van der Waals surface area contributed by atoms with E-state index in [0.717, 1.165) is 61.8 Å². The predicted octanol–water partition coefficient (Wildman–Crippen LogP) is 2.73. The summed E-state index contributed by atoms with van der Waals surface area (Å²) < 4.78 is 4.11. The lowest BCUT2D eigenvalue weighted by Crippen LogP contribution is -2.39. The largest absolute Gasteiger partial charge is 0.342 e. The van der Waals surface area contributed by atoms with E-state index in [0.29, 0.717) is 12.3 Å². The molecule has 0 aromatic carbocycles. The first-order chi connectivity index (χ1) is 11.9. The van der Waals surface area contributed by atoms with Gasteiger partial charge in [-0.25, -0.2) is 4.98 Å². The van der Waals surface area contributed by atoms with Crippen molar-refractivity contribution in [1.82, 2.24) is 24.2 Å². The first-order valence-electron chi connectivity index (χ1n) is 9.22. The highest BCUT2D eigenvalue weighted by molar-refractivity contribution is 5.76. The lowest BCUT2D eigenvalue weighted by Gasteiger charge is -2.32. The molecule has 0 radical (unpaired) electrons. The smallest absolute Gasteiger partial charge is 0.222 e. The number of likely N-dealkylation sites (tertiary alicyclic amines) is 1. The van der Waals surface area contributed by atoms with E-state index in [1.807, 2.05) is 30.5 Å². The molecule has 3 rings (SSSR count). The number of hydrogen-bond donors (Lipinski definition) is 0. The van der Waals surface area contributed by atoms with E-state index >= 15 is 0 Å². The molecule has 3 heterocycles. The van der Waals surface area contributed by atoms with Gasteiger partial charge in [-0.05, 0) is 46.1 Å². The van der Waals surface area contributed by atoms with Crippen LogP contribution in [0.4, 0.5) is 0 Å². The van der Waals surface area contributed by atoms with E-state index < -0.39 is 0 Å². The maximum atomic E-state index is 12.6. The Balaban J connectivity index is 1.53. The van der Waals surface area contributed by atoms with Crippen LogP contribution in [0, 0.1) is 20.8 Å². The Morgan fingerprint density at radius 3 is 2.72 bits per heavy atom. The molecule has 136 valence electrons. The van der Waals surface area contributed by atoms with Gasteiger partial charge in [0.1, 0.15) is 5.82 Å². The monoisotopic (exact) mass is 343 g/mol. The molecule has 0 aliphatic carbocycles. The molecule has 2 aromatic rings. The number of aromatic nitrogens is 4. The second-order valence-corrected chi connectivity index (χ2v) is 7.28. The van der Waals surface area contributed by atoms with Gasteiger partial charge in [0, 0.05) is 50.9 Å². The van der Waals surface area contributed by atoms with Gasteiger partial charge in [0.25, 0.3) is 0 Å². The number of piperidine rings is 1. The summed E-state index contributed by atoms with van der Waals surface area (Å²) >= 11 is 0. The number of hydrogen-bond acceptors (Lipinski definition) is 3. The van der Waals surface area contributed by atoms with Crippen molar-refractivity contribution >= 4 is 5.91 Å². The standard InChI is InChI=1S/C19H29N5O/c1-14-11-16(3)24(21-14)10-6-8-18(25)23-9-5-7-17(13-23)19-20-15(2)12-22(19)4/h11-12,17H,5-10,13H2,1-4H3/t17-/m0/s1. The summed E-state index contributed by atoms with van der Waals surface area (Å²) in [4.78, 5) is 19.3. The predicted molar refractivity (Wildman–Crippen MR) is 97.4 cm³/mol. The lowest BCUT2D eigenvalue weighted by atomic mass is 9.96. The minimum Gasteiger partial charge on any atom is -0.342 e. The van der Waals surface area contributed by atoms with Crippen molar-refractivity contribution in [2.24, 2.45) is 7.05 Å². The van der Waals surface area contributed by atoms with Crippen molar-refractivity contribution in [2.45, 2.75) is 58.9 Å². The number of imidazole rings is 1. The van der Waals surface area contributed by atoms with Crippen LogP contribution in [0.5, 0.6) is 0 Å². The molecule has 0 unspecified atom stereocenters. The van der Waals surface area contributed by atoms with Crippen LogP contribution in [0.2, 0.25) is 0 Å². The molecule has 1 amide bonds. The Labute approximate surface area is 149 Å². The van der Waals surface area contributed by atoms with E-state index in [2.05, 4.69) is 33.8 Å². The van der Waals surface area contributed by atoms with Gasteiger partial charge in [-0.15, -0.1) is 0 Å². The Kier molecular flexibility index (Phi) is 5.25. The molecule has 0 saturated carbocycles. The third kappa shape index (κ3) is 4.11. The Morgan fingerprint density at radius 2 is 2.08 bits per heavy atom. The van der Waals surface area contributed by atoms with Crippen LogP contribution in [-0.4, -0.2) is 43.2 Å². The van der Waals surface area contributed by atoms with Gasteiger partial charge in [0.05, 0.1) is 11.4 Å².